The summed E-state index contributed by atoms with van der Waals surface area (Å²) in [6.45, 7) is 0. The molecule has 110 valence electrons. The van der Waals surface area contributed by atoms with Crippen molar-refractivity contribution in [2.75, 3.05) is 0 Å². The molecule has 0 aromatic heterocycles. The van der Waals surface area contributed by atoms with E-state index in [4.69, 9.17) is 4.52 Å². The first-order valence-electron chi connectivity index (χ1n) is 6.85. The third kappa shape index (κ3) is 3.18. The van der Waals surface area contributed by atoms with Crippen LogP contribution in [0.1, 0.15) is 0 Å². The Hall–Kier alpha value is -2.19. The van der Waals surface area contributed by atoms with Gasteiger partial charge in [0.2, 0.25) is 0 Å². The molecule has 4 heteroatoms. The molecule has 0 unspecified atom stereocenters. The molecule has 3 aromatic carbocycles. The Balaban J connectivity index is 2.22. The van der Waals surface area contributed by atoms with Gasteiger partial charge >= 0.3 is 8.60 Å². The second-order valence-corrected chi connectivity index (χ2v) is 5.44. The first kappa shape index (κ1) is 14.7. The smallest absolute Gasteiger partial charge is 0.391 e. The second-order valence-electron chi connectivity index (χ2n) is 4.75. The minimum atomic E-state index is -2.46. The van der Waals surface area contributed by atoms with Crippen LogP contribution in [0.3, 0.4) is 0 Å². The first-order chi connectivity index (χ1) is 10.8. The van der Waals surface area contributed by atoms with Gasteiger partial charge < -0.3 is 14.3 Å². The number of rotatable bonds is 4. The Bertz CT molecular complexity index is 743. The Morgan fingerprint density at radius 3 is 1.82 bits per heavy atom. The summed E-state index contributed by atoms with van der Waals surface area (Å²) in [5.41, 5.74) is 3.85. The van der Waals surface area contributed by atoms with E-state index in [-0.39, 0.29) is 0 Å². The topological polar surface area (TPSA) is 49.7 Å². The van der Waals surface area contributed by atoms with Gasteiger partial charge in [0.25, 0.3) is 0 Å². The van der Waals surface area contributed by atoms with Crippen molar-refractivity contribution in [1.29, 1.82) is 0 Å². The highest BCUT2D eigenvalue weighted by molar-refractivity contribution is 7.39. The van der Waals surface area contributed by atoms with Gasteiger partial charge in [0.15, 0.2) is 0 Å². The Morgan fingerprint density at radius 2 is 1.23 bits per heavy atom. The van der Waals surface area contributed by atoms with Crippen molar-refractivity contribution in [3.05, 3.63) is 78.9 Å². The lowest BCUT2D eigenvalue weighted by molar-refractivity contribution is 0.376. The molecular formula is C18H15O3P. The fourth-order valence-corrected chi connectivity index (χ4v) is 2.78. The van der Waals surface area contributed by atoms with Crippen LogP contribution in [0, 0.1) is 0 Å². The average molecular weight is 310 g/mol. The van der Waals surface area contributed by atoms with Crippen LogP contribution in [-0.4, -0.2) is 9.79 Å². The second kappa shape index (κ2) is 6.71. The van der Waals surface area contributed by atoms with Gasteiger partial charge in [-0.25, -0.2) is 0 Å². The quantitative estimate of drug-likeness (QED) is 0.692. The molecule has 0 aliphatic heterocycles. The Morgan fingerprint density at radius 1 is 0.636 bits per heavy atom. The molecule has 0 radical (unpaired) electrons. The van der Waals surface area contributed by atoms with Crippen LogP contribution in [0.2, 0.25) is 0 Å². The van der Waals surface area contributed by atoms with Crippen molar-refractivity contribution >= 4 is 8.60 Å². The Kier molecular flexibility index (Phi) is 4.50. The van der Waals surface area contributed by atoms with Crippen molar-refractivity contribution < 1.29 is 14.3 Å². The lowest BCUT2D eigenvalue weighted by Crippen LogP contribution is -1.92. The summed E-state index contributed by atoms with van der Waals surface area (Å²) in [5.74, 6) is 0.462. The van der Waals surface area contributed by atoms with Crippen molar-refractivity contribution in [1.82, 2.24) is 0 Å². The predicted molar refractivity (Wildman–Crippen MR) is 89.3 cm³/mol. The molecule has 0 fully saturated rings. The van der Waals surface area contributed by atoms with Crippen LogP contribution >= 0.6 is 8.60 Å². The van der Waals surface area contributed by atoms with E-state index in [2.05, 4.69) is 0 Å². The predicted octanol–water partition coefficient (Wildman–Crippen LogP) is 4.61. The van der Waals surface area contributed by atoms with Crippen molar-refractivity contribution in [2.45, 2.75) is 0 Å². The highest BCUT2D eigenvalue weighted by atomic mass is 31.2. The van der Waals surface area contributed by atoms with E-state index in [1.807, 2.05) is 72.8 Å². The van der Waals surface area contributed by atoms with Crippen molar-refractivity contribution in [3.63, 3.8) is 0 Å². The van der Waals surface area contributed by atoms with Gasteiger partial charge in [0.1, 0.15) is 5.75 Å². The average Bonchev–Trinajstić information content (AvgIpc) is 2.56. The highest BCUT2D eigenvalue weighted by Gasteiger charge is 2.15. The molecule has 0 heterocycles. The third-order valence-electron chi connectivity index (χ3n) is 3.35. The summed E-state index contributed by atoms with van der Waals surface area (Å²) in [6, 6.07) is 25.3. The monoisotopic (exact) mass is 310 g/mol. The summed E-state index contributed by atoms with van der Waals surface area (Å²) in [6.07, 6.45) is 0. The summed E-state index contributed by atoms with van der Waals surface area (Å²) in [4.78, 5) is 18.5. The van der Waals surface area contributed by atoms with Gasteiger partial charge in [-0.1, -0.05) is 72.8 Å². The zero-order valence-corrected chi connectivity index (χ0v) is 12.6. The zero-order valence-electron chi connectivity index (χ0n) is 11.8. The summed E-state index contributed by atoms with van der Waals surface area (Å²) in [5, 5.41) is 0. The minimum absolute atomic E-state index is 0.462. The molecule has 3 aromatic rings. The SMILES string of the molecule is OP(O)Oc1cccc(-c2ccccc2)c1-c1ccccc1. The summed E-state index contributed by atoms with van der Waals surface area (Å²) >= 11 is 0. The van der Waals surface area contributed by atoms with Crippen molar-refractivity contribution in [3.8, 4) is 28.0 Å². The van der Waals surface area contributed by atoms with E-state index in [1.54, 1.807) is 6.07 Å². The molecule has 3 nitrogen and oxygen atoms in total. The zero-order chi connectivity index (χ0) is 15.4. The van der Waals surface area contributed by atoms with Crippen LogP contribution < -0.4 is 4.52 Å². The normalized spacial score (nSPS) is 10.7. The van der Waals surface area contributed by atoms with Gasteiger partial charge in [0.05, 0.1) is 0 Å². The van der Waals surface area contributed by atoms with E-state index in [9.17, 15) is 9.79 Å². The molecule has 2 N–H and O–H groups in total. The van der Waals surface area contributed by atoms with Crippen LogP contribution in [0.4, 0.5) is 0 Å². The molecule has 0 aliphatic carbocycles. The van der Waals surface area contributed by atoms with Crippen LogP contribution in [0.5, 0.6) is 5.75 Å². The minimum Gasteiger partial charge on any atom is -0.426 e. The third-order valence-corrected chi connectivity index (χ3v) is 3.71. The first-order valence-corrected chi connectivity index (χ1v) is 8.02. The summed E-state index contributed by atoms with van der Waals surface area (Å²) in [7, 11) is -2.46. The molecule has 0 amide bonds. The molecule has 22 heavy (non-hydrogen) atoms. The molecule has 0 saturated heterocycles. The molecular weight excluding hydrogens is 295 g/mol. The Labute approximate surface area is 130 Å². The largest absolute Gasteiger partial charge is 0.426 e. The van der Waals surface area contributed by atoms with Gasteiger partial charge in [-0.15, -0.1) is 0 Å². The highest BCUT2D eigenvalue weighted by Crippen LogP contribution is 2.42. The van der Waals surface area contributed by atoms with Gasteiger partial charge in [-0.2, -0.15) is 0 Å². The van der Waals surface area contributed by atoms with E-state index in [0.717, 1.165) is 22.3 Å². The van der Waals surface area contributed by atoms with E-state index in [1.165, 1.54) is 0 Å². The maximum atomic E-state index is 9.24. The van der Waals surface area contributed by atoms with E-state index in [0.29, 0.717) is 5.75 Å². The van der Waals surface area contributed by atoms with Crippen molar-refractivity contribution in [2.24, 2.45) is 0 Å². The van der Waals surface area contributed by atoms with Crippen LogP contribution in [-0.2, 0) is 0 Å². The molecule has 0 bridgehead atoms. The standard InChI is InChI=1S/C18H15O3P/c19-22(20)21-17-13-7-12-16(14-8-3-1-4-9-14)18(17)15-10-5-2-6-11-15/h1-13,19-20H. The molecule has 0 spiro atoms. The lowest BCUT2D eigenvalue weighted by Gasteiger charge is -2.16. The van der Waals surface area contributed by atoms with Gasteiger partial charge in [-0.05, 0) is 22.8 Å². The lowest BCUT2D eigenvalue weighted by atomic mass is 9.94. The number of hydrogen-bond donors (Lipinski definition) is 2. The molecule has 0 saturated carbocycles. The summed E-state index contributed by atoms with van der Waals surface area (Å²) < 4.78 is 5.24. The fourth-order valence-electron chi connectivity index (χ4n) is 2.46. The maximum absolute atomic E-state index is 9.24. The van der Waals surface area contributed by atoms with E-state index < -0.39 is 8.60 Å². The van der Waals surface area contributed by atoms with Crippen LogP contribution in [0.15, 0.2) is 78.9 Å². The van der Waals surface area contributed by atoms with Gasteiger partial charge in [0, 0.05) is 5.56 Å². The van der Waals surface area contributed by atoms with Crippen LogP contribution in [0.25, 0.3) is 22.3 Å². The number of hydrogen-bond acceptors (Lipinski definition) is 3. The molecule has 3 rings (SSSR count). The van der Waals surface area contributed by atoms with E-state index >= 15 is 0 Å². The van der Waals surface area contributed by atoms with Gasteiger partial charge in [-0.3, -0.25) is 0 Å². The molecule has 0 aliphatic rings. The molecule has 0 atom stereocenters. The number of benzene rings is 3. The maximum Gasteiger partial charge on any atom is 0.391 e. The fraction of sp³-hybridized carbons (Fsp3) is 0.